The first-order valence-corrected chi connectivity index (χ1v) is 8.92. The Morgan fingerprint density at radius 3 is 1.43 bits per heavy atom. The van der Waals surface area contributed by atoms with Crippen LogP contribution in [0, 0.1) is 23.7 Å². The van der Waals surface area contributed by atoms with Crippen molar-refractivity contribution in [3.8, 4) is 0 Å². The van der Waals surface area contributed by atoms with E-state index in [0.717, 1.165) is 0 Å². The summed E-state index contributed by atoms with van der Waals surface area (Å²) in [5, 5.41) is 10.2. The van der Waals surface area contributed by atoms with Crippen LogP contribution in [-0.2, 0) is 11.1 Å². The molecule has 0 aromatic heterocycles. The molecule has 0 N–H and O–H groups in total. The second kappa shape index (κ2) is 3.92. The van der Waals surface area contributed by atoms with Gasteiger partial charge >= 0.3 is 0 Å². The van der Waals surface area contributed by atoms with Crippen LogP contribution in [0.1, 0.15) is 30.4 Å². The molecule has 2 heterocycles. The fraction of sp³-hybridized carbons (Fsp3) is 0.429. The van der Waals surface area contributed by atoms with E-state index in [0.29, 0.717) is 23.7 Å². The zero-order valence-electron chi connectivity index (χ0n) is 13.1. The molecule has 2 bridgehead atoms. The van der Waals surface area contributed by atoms with E-state index in [2.05, 4.69) is 60.7 Å². The van der Waals surface area contributed by atoms with Crippen molar-refractivity contribution in [3.05, 3.63) is 71.8 Å². The number of hydrogen-bond acceptors (Lipinski definition) is 2. The zero-order valence-corrected chi connectivity index (χ0v) is 13.1. The Morgan fingerprint density at radius 2 is 1.04 bits per heavy atom. The molecule has 3 aliphatic carbocycles. The average Bonchev–Trinajstić information content (AvgIpc) is 3.39. The molecule has 5 aliphatic rings. The average molecular weight is 300 g/mol. The molecule has 2 nitrogen and oxygen atoms in total. The third-order valence-corrected chi connectivity index (χ3v) is 7.18. The lowest BCUT2D eigenvalue weighted by Gasteiger charge is -2.61. The van der Waals surface area contributed by atoms with Crippen molar-refractivity contribution in [3.63, 3.8) is 0 Å². The van der Waals surface area contributed by atoms with Crippen molar-refractivity contribution in [2.24, 2.45) is 33.9 Å². The summed E-state index contributed by atoms with van der Waals surface area (Å²) < 4.78 is 0. The van der Waals surface area contributed by atoms with Crippen molar-refractivity contribution >= 4 is 0 Å². The van der Waals surface area contributed by atoms with E-state index in [4.69, 9.17) is 10.2 Å². The minimum absolute atomic E-state index is 0.00856. The monoisotopic (exact) mass is 300 g/mol. The molecule has 2 heteroatoms. The van der Waals surface area contributed by atoms with E-state index >= 15 is 0 Å². The number of rotatable bonds is 2. The van der Waals surface area contributed by atoms with Crippen molar-refractivity contribution in [2.75, 3.05) is 0 Å². The van der Waals surface area contributed by atoms with Crippen LogP contribution in [0.15, 0.2) is 70.9 Å². The lowest BCUT2D eigenvalue weighted by Crippen LogP contribution is -2.61. The highest BCUT2D eigenvalue weighted by Crippen LogP contribution is 2.78. The molecule has 6 atom stereocenters. The van der Waals surface area contributed by atoms with Gasteiger partial charge in [-0.15, -0.1) is 0 Å². The predicted molar refractivity (Wildman–Crippen MR) is 88.9 cm³/mol. The van der Waals surface area contributed by atoms with Gasteiger partial charge in [-0.3, -0.25) is 0 Å². The fourth-order valence-corrected chi connectivity index (χ4v) is 6.12. The lowest BCUT2D eigenvalue weighted by atomic mass is 9.47. The summed E-state index contributed by atoms with van der Waals surface area (Å²) in [5.41, 5.74) is 2.80. The molecule has 2 aliphatic heterocycles. The molecular formula is C21H20N2. The summed E-state index contributed by atoms with van der Waals surface area (Å²) in [6.07, 6.45) is 3.93. The normalized spacial score (nSPS) is 45.0. The SMILES string of the molecule is c1ccc([C@@]23N=N[C@@](c4ccccc4)([C@H]4CC[C@@H]42)[C@H]2C[C@@H]23)cc1. The maximum Gasteiger partial charge on any atom is 0.113 e. The lowest BCUT2D eigenvalue weighted by molar-refractivity contribution is -0.0811. The highest BCUT2D eigenvalue weighted by atomic mass is 15.3. The Balaban J connectivity index is 1.58. The molecule has 114 valence electrons. The molecule has 0 unspecified atom stereocenters. The van der Waals surface area contributed by atoms with Gasteiger partial charge in [0.15, 0.2) is 0 Å². The maximum absolute atomic E-state index is 5.08. The standard InChI is InChI=1S/C21H20N2/c1-3-7-14(8-4-1)20-16-11-12-17(16)21(23-22-20,19-13-18(19)20)15-9-5-2-6-10-15/h1-10,16-19H,11-13H2/t16-,17-,18-,19-,20-,21+/m0/s1. The van der Waals surface area contributed by atoms with Crippen LogP contribution in [0.5, 0.6) is 0 Å². The van der Waals surface area contributed by atoms with Crippen molar-refractivity contribution in [1.29, 1.82) is 0 Å². The molecule has 7 rings (SSSR count). The number of nitrogens with zero attached hydrogens (tertiary/aromatic N) is 2. The van der Waals surface area contributed by atoms with E-state index < -0.39 is 0 Å². The summed E-state index contributed by atoms with van der Waals surface area (Å²) in [5.74, 6) is 2.77. The first kappa shape index (κ1) is 12.5. The summed E-state index contributed by atoms with van der Waals surface area (Å²) in [6, 6.07) is 22.0. The number of azo groups is 1. The van der Waals surface area contributed by atoms with Gasteiger partial charge in [0.1, 0.15) is 11.1 Å². The molecule has 0 radical (unpaired) electrons. The Labute approximate surface area is 136 Å². The van der Waals surface area contributed by atoms with Crippen LogP contribution in [0.4, 0.5) is 0 Å². The van der Waals surface area contributed by atoms with Gasteiger partial charge < -0.3 is 0 Å². The van der Waals surface area contributed by atoms with Crippen molar-refractivity contribution < 1.29 is 0 Å². The van der Waals surface area contributed by atoms with Gasteiger partial charge in [-0.2, -0.15) is 10.2 Å². The van der Waals surface area contributed by atoms with Gasteiger partial charge in [0.05, 0.1) is 0 Å². The van der Waals surface area contributed by atoms with Crippen LogP contribution in [0.3, 0.4) is 0 Å². The van der Waals surface area contributed by atoms with E-state index in [1.807, 2.05) is 0 Å². The van der Waals surface area contributed by atoms with Crippen LogP contribution in [0.25, 0.3) is 0 Å². The Kier molecular flexibility index (Phi) is 2.12. The minimum Gasteiger partial charge on any atom is -0.181 e. The van der Waals surface area contributed by atoms with E-state index in [9.17, 15) is 0 Å². The third-order valence-electron chi connectivity index (χ3n) is 7.18. The topological polar surface area (TPSA) is 24.7 Å². The van der Waals surface area contributed by atoms with Crippen LogP contribution < -0.4 is 0 Å². The highest BCUT2D eigenvalue weighted by Gasteiger charge is 2.78. The molecule has 23 heavy (non-hydrogen) atoms. The maximum atomic E-state index is 5.08. The number of benzene rings is 2. The summed E-state index contributed by atoms with van der Waals surface area (Å²) in [7, 11) is 0. The van der Waals surface area contributed by atoms with Crippen molar-refractivity contribution in [2.45, 2.75) is 30.3 Å². The highest BCUT2D eigenvalue weighted by molar-refractivity contribution is 5.43. The van der Waals surface area contributed by atoms with Gasteiger partial charge in [0.2, 0.25) is 0 Å². The molecule has 0 amide bonds. The smallest absolute Gasteiger partial charge is 0.113 e. The Hall–Kier alpha value is -1.96. The van der Waals surface area contributed by atoms with Crippen LogP contribution in [0.2, 0.25) is 0 Å². The summed E-state index contributed by atoms with van der Waals surface area (Å²) in [4.78, 5) is 0. The first-order valence-electron chi connectivity index (χ1n) is 8.92. The van der Waals surface area contributed by atoms with Crippen LogP contribution in [-0.4, -0.2) is 0 Å². The second-order valence-corrected chi connectivity index (χ2v) is 7.82. The zero-order chi connectivity index (χ0) is 15.1. The van der Waals surface area contributed by atoms with Crippen LogP contribution >= 0.6 is 0 Å². The molecular weight excluding hydrogens is 280 g/mol. The molecule has 2 aromatic carbocycles. The second-order valence-electron chi connectivity index (χ2n) is 7.82. The number of hydrogen-bond donors (Lipinski definition) is 0. The third kappa shape index (κ3) is 1.26. The van der Waals surface area contributed by atoms with Gasteiger partial charge in [0, 0.05) is 0 Å². The Morgan fingerprint density at radius 1 is 0.609 bits per heavy atom. The largest absolute Gasteiger partial charge is 0.181 e. The molecule has 0 spiro atoms. The first-order chi connectivity index (χ1) is 11.4. The quantitative estimate of drug-likeness (QED) is 0.752. The molecule has 0 saturated heterocycles. The van der Waals surface area contributed by atoms with Crippen molar-refractivity contribution in [1.82, 2.24) is 0 Å². The molecule has 3 fully saturated rings. The van der Waals surface area contributed by atoms with E-state index in [1.165, 1.54) is 30.4 Å². The predicted octanol–water partition coefficient (Wildman–Crippen LogP) is 4.92. The fourth-order valence-electron chi connectivity index (χ4n) is 6.12. The molecule has 2 aromatic rings. The van der Waals surface area contributed by atoms with Gasteiger partial charge in [-0.1, -0.05) is 60.7 Å². The minimum atomic E-state index is -0.00856. The van der Waals surface area contributed by atoms with Gasteiger partial charge in [0.25, 0.3) is 0 Å². The van der Waals surface area contributed by atoms with E-state index in [-0.39, 0.29) is 11.1 Å². The Bertz CT molecular complexity index is 732. The van der Waals surface area contributed by atoms with Gasteiger partial charge in [-0.05, 0) is 54.1 Å². The van der Waals surface area contributed by atoms with Gasteiger partial charge in [-0.25, -0.2) is 0 Å². The summed E-state index contributed by atoms with van der Waals surface area (Å²) in [6.45, 7) is 0. The summed E-state index contributed by atoms with van der Waals surface area (Å²) >= 11 is 0. The molecule has 3 saturated carbocycles. The van der Waals surface area contributed by atoms with E-state index in [1.54, 1.807) is 0 Å².